The number of hydrogen-bond donors (Lipinski definition) is 2. The lowest BCUT2D eigenvalue weighted by molar-refractivity contribution is 0.0964. The van der Waals surface area contributed by atoms with E-state index in [-0.39, 0.29) is 0 Å². The Labute approximate surface area is 129 Å². The molecule has 0 radical (unpaired) electrons. The van der Waals surface area contributed by atoms with Gasteiger partial charge in [0.15, 0.2) is 23.3 Å². The van der Waals surface area contributed by atoms with E-state index in [9.17, 15) is 37.4 Å². The van der Waals surface area contributed by atoms with Crippen LogP contribution in [0.2, 0.25) is 5.02 Å². The van der Waals surface area contributed by atoms with Crippen LogP contribution in [0.15, 0.2) is 6.07 Å². The average molecular weight is 347 g/mol. The third-order valence-corrected chi connectivity index (χ3v) is 3.70. The van der Waals surface area contributed by atoms with E-state index in [2.05, 4.69) is 0 Å². The van der Waals surface area contributed by atoms with Crippen molar-refractivity contribution in [3.05, 3.63) is 56.6 Å². The smallest absolute Gasteiger partial charge is 0.201 e. The standard InChI is InChI=1S/C14H3ClF4O4/c15-2-1-3(20)4-7(12(2)21)14(23)6-5(13(4)22)8(16)10(18)11(19)9(6)17/h1,20-21H. The summed E-state index contributed by atoms with van der Waals surface area (Å²) >= 11 is 5.54. The highest BCUT2D eigenvalue weighted by atomic mass is 35.5. The molecule has 0 bridgehead atoms. The quantitative estimate of drug-likeness (QED) is 0.284. The van der Waals surface area contributed by atoms with Crippen LogP contribution < -0.4 is 0 Å². The summed E-state index contributed by atoms with van der Waals surface area (Å²) in [5.41, 5.74) is -4.54. The van der Waals surface area contributed by atoms with Gasteiger partial charge in [0.25, 0.3) is 0 Å². The van der Waals surface area contributed by atoms with Crippen molar-refractivity contribution in [3.63, 3.8) is 0 Å². The summed E-state index contributed by atoms with van der Waals surface area (Å²) in [5, 5.41) is 18.9. The maximum absolute atomic E-state index is 13.8. The summed E-state index contributed by atoms with van der Waals surface area (Å²) in [6.45, 7) is 0. The van der Waals surface area contributed by atoms with Crippen molar-refractivity contribution in [1.29, 1.82) is 0 Å². The summed E-state index contributed by atoms with van der Waals surface area (Å²) in [5.74, 6) is -13.6. The number of fused-ring (bicyclic) bond motifs is 2. The summed E-state index contributed by atoms with van der Waals surface area (Å²) in [4.78, 5) is 24.4. The second-order valence-corrected chi connectivity index (χ2v) is 5.05. The Morgan fingerprint density at radius 1 is 0.739 bits per heavy atom. The van der Waals surface area contributed by atoms with Crippen LogP contribution in [-0.4, -0.2) is 21.8 Å². The summed E-state index contributed by atoms with van der Waals surface area (Å²) in [6.07, 6.45) is 0. The number of carbonyl (C=O) groups excluding carboxylic acids is 2. The minimum Gasteiger partial charge on any atom is -0.507 e. The van der Waals surface area contributed by atoms with Gasteiger partial charge in [-0.2, -0.15) is 0 Å². The number of benzene rings is 2. The molecule has 2 aromatic carbocycles. The van der Waals surface area contributed by atoms with Crippen molar-refractivity contribution in [2.75, 3.05) is 0 Å². The lowest BCUT2D eigenvalue weighted by Gasteiger charge is -2.21. The minimum absolute atomic E-state index is 0.547. The largest absolute Gasteiger partial charge is 0.507 e. The molecular weight excluding hydrogens is 344 g/mol. The molecule has 1 aliphatic carbocycles. The van der Waals surface area contributed by atoms with Crippen molar-refractivity contribution in [2.24, 2.45) is 0 Å². The Morgan fingerprint density at radius 2 is 1.17 bits per heavy atom. The second kappa shape index (κ2) is 4.69. The van der Waals surface area contributed by atoms with Crippen molar-refractivity contribution in [1.82, 2.24) is 0 Å². The van der Waals surface area contributed by atoms with Crippen LogP contribution in [0, 0.1) is 23.3 Å². The second-order valence-electron chi connectivity index (χ2n) is 4.64. The fourth-order valence-corrected chi connectivity index (χ4v) is 2.58. The van der Waals surface area contributed by atoms with Gasteiger partial charge in [0.05, 0.1) is 27.3 Å². The van der Waals surface area contributed by atoms with Gasteiger partial charge in [-0.3, -0.25) is 9.59 Å². The first-order valence-corrected chi connectivity index (χ1v) is 6.26. The molecule has 0 unspecified atom stereocenters. The Kier molecular flexibility index (Phi) is 3.12. The summed E-state index contributed by atoms with van der Waals surface area (Å²) in [6, 6.07) is 0.694. The molecule has 118 valence electrons. The van der Waals surface area contributed by atoms with E-state index in [1.807, 2.05) is 0 Å². The number of hydrogen-bond acceptors (Lipinski definition) is 4. The monoisotopic (exact) mass is 346 g/mol. The van der Waals surface area contributed by atoms with Gasteiger partial charge in [-0.15, -0.1) is 0 Å². The molecule has 2 N–H and O–H groups in total. The fraction of sp³-hybridized carbons (Fsp3) is 0. The number of ketones is 2. The molecule has 0 heterocycles. The average Bonchev–Trinajstić information content (AvgIpc) is 2.49. The Balaban J connectivity index is 2.51. The highest BCUT2D eigenvalue weighted by molar-refractivity contribution is 6.36. The molecule has 1 aliphatic rings. The molecular formula is C14H3ClF4O4. The molecule has 0 atom stereocenters. The number of rotatable bonds is 0. The van der Waals surface area contributed by atoms with Crippen LogP contribution in [0.1, 0.15) is 31.8 Å². The molecule has 0 spiro atoms. The van der Waals surface area contributed by atoms with Crippen molar-refractivity contribution in [3.8, 4) is 11.5 Å². The lowest BCUT2D eigenvalue weighted by Crippen LogP contribution is -2.26. The Hall–Kier alpha value is -2.61. The van der Waals surface area contributed by atoms with E-state index in [1.54, 1.807) is 0 Å². The van der Waals surface area contributed by atoms with Crippen LogP contribution in [0.4, 0.5) is 17.6 Å². The van der Waals surface area contributed by atoms with E-state index in [4.69, 9.17) is 11.6 Å². The van der Waals surface area contributed by atoms with Gasteiger partial charge in [0.2, 0.25) is 11.6 Å². The minimum atomic E-state index is -2.28. The zero-order valence-corrected chi connectivity index (χ0v) is 11.4. The highest BCUT2D eigenvalue weighted by Gasteiger charge is 2.42. The van der Waals surface area contributed by atoms with E-state index in [0.29, 0.717) is 6.07 Å². The molecule has 23 heavy (non-hydrogen) atoms. The number of carbonyl (C=O) groups is 2. The molecule has 9 heteroatoms. The zero-order chi connectivity index (χ0) is 17.2. The van der Waals surface area contributed by atoms with E-state index in [1.165, 1.54) is 0 Å². The normalized spacial score (nSPS) is 13.1. The maximum Gasteiger partial charge on any atom is 0.201 e. The molecule has 4 nitrogen and oxygen atoms in total. The summed E-state index contributed by atoms with van der Waals surface area (Å²) < 4.78 is 54.3. The predicted molar refractivity (Wildman–Crippen MR) is 67.9 cm³/mol. The van der Waals surface area contributed by atoms with Gasteiger partial charge in [0.1, 0.15) is 11.5 Å². The third kappa shape index (κ3) is 1.78. The number of phenolic OH excluding ortho intramolecular Hbond substituents is 2. The molecule has 0 saturated heterocycles. The number of aromatic hydroxyl groups is 2. The van der Waals surface area contributed by atoms with Crippen LogP contribution in [0.25, 0.3) is 0 Å². The van der Waals surface area contributed by atoms with Gasteiger partial charge in [-0.1, -0.05) is 11.6 Å². The van der Waals surface area contributed by atoms with E-state index < -0.39 is 73.6 Å². The predicted octanol–water partition coefficient (Wildman–Crippen LogP) is 3.08. The van der Waals surface area contributed by atoms with E-state index >= 15 is 0 Å². The Bertz CT molecular complexity index is 940. The third-order valence-electron chi connectivity index (χ3n) is 3.41. The Morgan fingerprint density at radius 3 is 1.65 bits per heavy atom. The van der Waals surface area contributed by atoms with Crippen molar-refractivity contribution in [2.45, 2.75) is 0 Å². The van der Waals surface area contributed by atoms with Crippen LogP contribution in [0.5, 0.6) is 11.5 Å². The molecule has 0 aromatic heterocycles. The van der Waals surface area contributed by atoms with E-state index in [0.717, 1.165) is 0 Å². The van der Waals surface area contributed by atoms with Crippen LogP contribution >= 0.6 is 11.6 Å². The van der Waals surface area contributed by atoms with Crippen LogP contribution in [0.3, 0.4) is 0 Å². The highest BCUT2D eigenvalue weighted by Crippen LogP contribution is 2.43. The van der Waals surface area contributed by atoms with Gasteiger partial charge in [-0.25, -0.2) is 17.6 Å². The first kappa shape index (κ1) is 15.3. The number of halogens is 5. The van der Waals surface area contributed by atoms with Gasteiger partial charge < -0.3 is 10.2 Å². The first-order chi connectivity index (χ1) is 10.7. The molecule has 2 aromatic rings. The van der Waals surface area contributed by atoms with Gasteiger partial charge in [-0.05, 0) is 0 Å². The number of phenols is 2. The van der Waals surface area contributed by atoms with Crippen LogP contribution in [-0.2, 0) is 0 Å². The maximum atomic E-state index is 13.8. The topological polar surface area (TPSA) is 74.6 Å². The SMILES string of the molecule is O=C1c2c(O)cc(Cl)c(O)c2C(=O)c2c(F)c(F)c(F)c(F)c21. The van der Waals surface area contributed by atoms with Crippen molar-refractivity contribution >= 4 is 23.2 Å². The molecule has 0 aliphatic heterocycles. The zero-order valence-electron chi connectivity index (χ0n) is 10.7. The summed E-state index contributed by atoms with van der Waals surface area (Å²) in [7, 11) is 0. The molecule has 0 amide bonds. The fourth-order valence-electron chi connectivity index (χ4n) is 2.39. The molecule has 0 saturated carbocycles. The van der Waals surface area contributed by atoms with Crippen molar-refractivity contribution < 1.29 is 37.4 Å². The lowest BCUT2D eigenvalue weighted by atomic mass is 9.82. The van der Waals surface area contributed by atoms with Gasteiger partial charge >= 0.3 is 0 Å². The molecule has 3 rings (SSSR count). The van der Waals surface area contributed by atoms with Gasteiger partial charge in [0, 0.05) is 6.07 Å². The first-order valence-electron chi connectivity index (χ1n) is 5.88. The molecule has 0 fully saturated rings.